The summed E-state index contributed by atoms with van der Waals surface area (Å²) in [6, 6.07) is 1.69. The minimum Gasteiger partial charge on any atom is -0.465 e. The topological polar surface area (TPSA) is 61.5 Å². The molecule has 0 atom stereocenters. The van der Waals surface area contributed by atoms with Crippen molar-refractivity contribution in [1.29, 1.82) is 0 Å². The number of carbonyl (C=O) groups excluding carboxylic acids is 1. The predicted octanol–water partition coefficient (Wildman–Crippen LogP) is 3.52. The zero-order chi connectivity index (χ0) is 17.6. The third-order valence-corrected chi connectivity index (χ3v) is 4.42. The zero-order valence-electron chi connectivity index (χ0n) is 14.4. The van der Waals surface area contributed by atoms with Crippen LogP contribution in [0.3, 0.4) is 0 Å². The van der Waals surface area contributed by atoms with Gasteiger partial charge in [0.2, 0.25) is 0 Å². The quantitative estimate of drug-likeness (QED) is 0.289. The first-order valence-electron chi connectivity index (χ1n) is 7.42. The molecule has 0 radical (unpaired) electrons. The van der Waals surface area contributed by atoms with Gasteiger partial charge >= 0.3 is 5.97 Å². The maximum absolute atomic E-state index is 12.0. The Hall–Kier alpha value is -1.48. The Labute approximate surface area is 144 Å². The van der Waals surface area contributed by atoms with E-state index in [-0.39, 0.29) is 5.02 Å². The van der Waals surface area contributed by atoms with E-state index in [4.69, 9.17) is 26.8 Å². The van der Waals surface area contributed by atoms with Gasteiger partial charge in [0, 0.05) is 13.7 Å². The molecule has 0 heterocycles. The molecule has 0 unspecified atom stereocenters. The molecule has 0 aliphatic heterocycles. The highest BCUT2D eigenvalue weighted by Crippen LogP contribution is 2.31. The fourth-order valence-corrected chi connectivity index (χ4v) is 2.75. The summed E-state index contributed by atoms with van der Waals surface area (Å²) in [5, 5.41) is 0.260. The summed E-state index contributed by atoms with van der Waals surface area (Å²) in [7, 11) is 1.38. The Bertz CT molecular complexity index is 642. The summed E-state index contributed by atoms with van der Waals surface area (Å²) in [6.07, 6.45) is 1.48. The second kappa shape index (κ2) is 8.39. The van der Waals surface area contributed by atoms with E-state index in [0.717, 1.165) is 12.0 Å². The summed E-state index contributed by atoms with van der Waals surface area (Å²) in [5.41, 5.74) is 11.7. The maximum Gasteiger partial charge on any atom is 0.339 e. The molecular weight excluding hydrogens is 330 g/mol. The minimum atomic E-state index is -1.60. The molecule has 0 saturated heterocycles. The van der Waals surface area contributed by atoms with Crippen LogP contribution in [0.15, 0.2) is 6.07 Å². The van der Waals surface area contributed by atoms with E-state index < -0.39 is 14.0 Å². The number of benzene rings is 1. The Morgan fingerprint density at radius 3 is 2.52 bits per heavy atom. The molecule has 6 heteroatoms. The monoisotopic (exact) mass is 353 g/mol. The number of halogens is 1. The number of nitrogens with two attached hydrogens (primary N) is 1. The maximum atomic E-state index is 12.0. The number of carbonyl (C=O) groups is 1. The van der Waals surface area contributed by atoms with Gasteiger partial charge in [-0.05, 0) is 24.5 Å². The number of methoxy groups -OCH3 is 2. The highest BCUT2D eigenvalue weighted by Gasteiger charge is 2.19. The zero-order valence-corrected chi connectivity index (χ0v) is 16.1. The molecule has 126 valence electrons. The molecule has 0 aliphatic rings. The van der Waals surface area contributed by atoms with Crippen molar-refractivity contribution in [1.82, 2.24) is 0 Å². The first-order chi connectivity index (χ1) is 10.7. The molecule has 4 nitrogen and oxygen atoms in total. The molecule has 0 amide bonds. The van der Waals surface area contributed by atoms with E-state index in [9.17, 15) is 4.79 Å². The van der Waals surface area contributed by atoms with E-state index in [2.05, 4.69) is 31.1 Å². The van der Waals surface area contributed by atoms with E-state index in [1.54, 1.807) is 13.2 Å². The third-order valence-electron chi connectivity index (χ3n) is 3.15. The van der Waals surface area contributed by atoms with Gasteiger partial charge in [-0.1, -0.05) is 37.2 Å². The van der Waals surface area contributed by atoms with Crippen molar-refractivity contribution in [3.05, 3.63) is 27.8 Å². The second-order valence-corrected chi connectivity index (χ2v) is 11.4. The fourth-order valence-electron chi connectivity index (χ4n) is 1.97. The van der Waals surface area contributed by atoms with Gasteiger partial charge in [0.15, 0.2) is 0 Å². The number of aryl methyl sites for hydroxylation is 1. The van der Waals surface area contributed by atoms with Crippen LogP contribution in [0.2, 0.25) is 24.7 Å². The number of esters is 1. The van der Waals surface area contributed by atoms with Crippen molar-refractivity contribution >= 4 is 31.3 Å². The molecule has 0 fully saturated rings. The van der Waals surface area contributed by atoms with Crippen LogP contribution in [0.5, 0.6) is 0 Å². The van der Waals surface area contributed by atoms with Gasteiger partial charge in [-0.25, -0.2) is 4.79 Å². The summed E-state index contributed by atoms with van der Waals surface area (Å²) in [6.45, 7) is 7.01. The lowest BCUT2D eigenvalue weighted by Crippen LogP contribution is -2.16. The van der Waals surface area contributed by atoms with Gasteiger partial charge in [0.1, 0.15) is 8.07 Å². The van der Waals surface area contributed by atoms with Gasteiger partial charge in [0.05, 0.1) is 28.9 Å². The molecule has 0 saturated carbocycles. The van der Waals surface area contributed by atoms with Crippen LogP contribution >= 0.6 is 11.6 Å². The van der Waals surface area contributed by atoms with Gasteiger partial charge in [-0.15, -0.1) is 5.54 Å². The first-order valence-corrected chi connectivity index (χ1v) is 11.3. The lowest BCUT2D eigenvalue weighted by Gasteiger charge is -2.13. The summed E-state index contributed by atoms with van der Waals surface area (Å²) in [5.74, 6) is 2.60. The number of hydrogen-bond acceptors (Lipinski definition) is 4. The average molecular weight is 354 g/mol. The molecule has 0 aromatic heterocycles. The smallest absolute Gasteiger partial charge is 0.339 e. The summed E-state index contributed by atoms with van der Waals surface area (Å²) in [4.78, 5) is 12.0. The van der Waals surface area contributed by atoms with Crippen molar-refractivity contribution in [2.45, 2.75) is 32.5 Å². The highest BCUT2D eigenvalue weighted by atomic mass is 35.5. The Morgan fingerprint density at radius 1 is 1.35 bits per heavy atom. The van der Waals surface area contributed by atoms with Crippen LogP contribution in [0, 0.1) is 11.5 Å². The SMILES string of the molecule is COCCCc1cc(C(=O)OC)c(Cl)c(C#C[Si](C)(C)C)c1N. The van der Waals surface area contributed by atoms with Gasteiger partial charge < -0.3 is 15.2 Å². The van der Waals surface area contributed by atoms with E-state index in [1.807, 2.05) is 0 Å². The predicted molar refractivity (Wildman–Crippen MR) is 97.6 cm³/mol. The second-order valence-electron chi connectivity index (χ2n) is 6.27. The van der Waals surface area contributed by atoms with Crippen molar-refractivity contribution < 1.29 is 14.3 Å². The van der Waals surface area contributed by atoms with Crippen molar-refractivity contribution in [2.75, 3.05) is 26.6 Å². The van der Waals surface area contributed by atoms with Crippen LogP contribution in [0.1, 0.15) is 27.9 Å². The normalized spacial score (nSPS) is 10.9. The van der Waals surface area contributed by atoms with Crippen LogP contribution in [0.25, 0.3) is 0 Å². The largest absolute Gasteiger partial charge is 0.465 e. The molecule has 0 spiro atoms. The van der Waals surface area contributed by atoms with E-state index >= 15 is 0 Å². The third kappa shape index (κ3) is 5.58. The average Bonchev–Trinajstić information content (AvgIpc) is 2.47. The highest BCUT2D eigenvalue weighted by molar-refractivity contribution is 6.83. The van der Waals surface area contributed by atoms with Gasteiger partial charge in [-0.3, -0.25) is 0 Å². The lowest BCUT2D eigenvalue weighted by molar-refractivity contribution is 0.0601. The van der Waals surface area contributed by atoms with E-state index in [1.165, 1.54) is 7.11 Å². The van der Waals surface area contributed by atoms with Gasteiger partial charge in [0.25, 0.3) is 0 Å². The molecule has 1 rings (SSSR count). The molecule has 0 aliphatic carbocycles. The Kier molecular flexibility index (Phi) is 7.14. The molecular formula is C17H24ClNO3Si. The van der Waals surface area contributed by atoms with Crippen molar-refractivity contribution in [3.63, 3.8) is 0 Å². The molecule has 23 heavy (non-hydrogen) atoms. The Balaban J connectivity index is 3.42. The van der Waals surface area contributed by atoms with Gasteiger partial charge in [-0.2, -0.15) is 0 Å². The van der Waals surface area contributed by atoms with Crippen LogP contribution < -0.4 is 5.73 Å². The number of anilines is 1. The number of nitrogen functional groups attached to an aromatic ring is 1. The number of ether oxygens (including phenoxy) is 2. The number of hydrogen-bond donors (Lipinski definition) is 1. The van der Waals surface area contributed by atoms with Crippen LogP contribution in [-0.4, -0.2) is 34.9 Å². The Morgan fingerprint density at radius 2 is 2.00 bits per heavy atom. The fraction of sp³-hybridized carbons (Fsp3) is 0.471. The van der Waals surface area contributed by atoms with Crippen molar-refractivity contribution in [2.24, 2.45) is 0 Å². The van der Waals surface area contributed by atoms with Crippen molar-refractivity contribution in [3.8, 4) is 11.5 Å². The summed E-state index contributed by atoms with van der Waals surface area (Å²) >= 11 is 6.36. The molecule has 2 N–H and O–H groups in total. The molecule has 1 aromatic carbocycles. The van der Waals surface area contributed by atoms with Crippen LogP contribution in [0.4, 0.5) is 5.69 Å². The first kappa shape index (κ1) is 19.6. The van der Waals surface area contributed by atoms with Crippen LogP contribution in [-0.2, 0) is 15.9 Å². The molecule has 0 bridgehead atoms. The number of rotatable bonds is 5. The molecule has 1 aromatic rings. The lowest BCUT2D eigenvalue weighted by atomic mass is 9.99. The minimum absolute atomic E-state index is 0.260. The summed E-state index contributed by atoms with van der Waals surface area (Å²) < 4.78 is 9.88. The van der Waals surface area contributed by atoms with E-state index in [0.29, 0.717) is 29.8 Å². The standard InChI is InChI=1S/C17H24ClNO3Si/c1-21-9-6-7-12-11-14(17(20)22-2)15(18)13(16(12)19)8-10-23(3,4)5/h11H,6-7,9,19H2,1-5H3.